The van der Waals surface area contributed by atoms with Crippen LogP contribution in [0.3, 0.4) is 0 Å². The molecule has 3 aliphatic carbocycles. The molecule has 0 N–H and O–H groups in total. The third-order valence-electron chi connectivity index (χ3n) is 17.8. The summed E-state index contributed by atoms with van der Waals surface area (Å²) in [5.74, 6) is 4.05. The third-order valence-corrected chi connectivity index (χ3v) is 17.8. The third kappa shape index (κ3) is 21.3. The molecule has 0 saturated carbocycles. The Bertz CT molecular complexity index is 3690. The Morgan fingerprint density at radius 2 is 0.291 bits per heavy atom. The van der Waals surface area contributed by atoms with Crippen LogP contribution in [0.2, 0.25) is 0 Å². The van der Waals surface area contributed by atoms with Gasteiger partial charge < -0.3 is 114 Å². The largest absolute Gasteiger partial charge is 0.487 e. The Balaban J connectivity index is 0.751. The SMILES string of the molecule is c1ccc2c(c1)OCCOCCOCCOc1nc3cc4c(cc3nc1OCCOCCOCCO2)C1c2cc3nc5c(nc3cc2C4c2cc3nc4c(nc3cc21)OCCOCCOCCOc1ccccc1OCCOCCOCCO4)OCCOCCOCCOc1ccccc1OCCOCCOCCO5. The van der Waals surface area contributed by atoms with Crippen molar-refractivity contribution in [2.24, 2.45) is 0 Å². The molecule has 0 saturated heterocycles. The van der Waals surface area contributed by atoms with E-state index in [1.54, 1.807) is 0 Å². The van der Waals surface area contributed by atoms with Crippen LogP contribution in [0.5, 0.6) is 69.8 Å². The molecule has 586 valence electrons. The fourth-order valence-electron chi connectivity index (χ4n) is 12.8. The van der Waals surface area contributed by atoms with Crippen LogP contribution < -0.4 is 56.8 Å². The number of aromatic nitrogens is 6. The first kappa shape index (κ1) is 77.2. The van der Waals surface area contributed by atoms with Crippen molar-refractivity contribution in [1.29, 1.82) is 0 Å². The van der Waals surface area contributed by atoms with Gasteiger partial charge in [-0.25, -0.2) is 29.9 Å². The number of benzene rings is 6. The van der Waals surface area contributed by atoms with Crippen LogP contribution >= 0.6 is 0 Å². The summed E-state index contributed by atoms with van der Waals surface area (Å²) in [6.45, 7) is 10.3. The van der Waals surface area contributed by atoms with Crippen LogP contribution in [-0.2, 0) is 56.8 Å². The van der Waals surface area contributed by atoms with Crippen molar-refractivity contribution in [1.82, 2.24) is 29.9 Å². The molecule has 0 spiro atoms. The molecule has 0 fully saturated rings. The first-order valence-electron chi connectivity index (χ1n) is 37.5. The Hall–Kier alpha value is -9.54. The standard InChI is InChI=1S/C80H92N6O24/c1-2-8-68-67(7-1)99-37-25-87-13-19-93-31-43-105-75-76(106-44-32-94-20-14-88-26-38-100-68)82-62-50-56-55(49-61(62)81-75)73-57-51-63-65(85-79-77(83-63)107-45-33-95-21-15-89-27-39-101-69-9-3-5-11-71(69)103-41-29-91-17-23-97-35-47-109-79)53-59(57)74(56)60-54-66-64(52-58(60)73)84-78-80(86-66)110-48-36-98-24-18-92-30-42-104-72-12-6-4-10-70(72)102-40-28-90-16-22-96-34-46-108-78/h1-12,49-54,73-74H,13-48H2. The van der Waals surface area contributed by atoms with Crippen LogP contribution in [-0.4, -0.2) is 268 Å². The molecule has 2 bridgehead atoms. The van der Waals surface area contributed by atoms with Gasteiger partial charge in [0, 0.05) is 11.8 Å². The van der Waals surface area contributed by atoms with E-state index in [1.807, 2.05) is 72.8 Å². The molecule has 0 amide bonds. The molecule has 3 aliphatic heterocycles. The van der Waals surface area contributed by atoms with Gasteiger partial charge >= 0.3 is 0 Å². The van der Waals surface area contributed by atoms with Gasteiger partial charge in [0.1, 0.15) is 79.3 Å². The Kier molecular flexibility index (Phi) is 29.1. The predicted molar refractivity (Wildman–Crippen MR) is 396 cm³/mol. The summed E-state index contributed by atoms with van der Waals surface area (Å²) in [5.41, 5.74) is 9.33. The second kappa shape index (κ2) is 41.5. The van der Waals surface area contributed by atoms with Crippen LogP contribution in [0.25, 0.3) is 33.1 Å². The summed E-state index contributed by atoms with van der Waals surface area (Å²) in [6.07, 6.45) is 0. The van der Waals surface area contributed by atoms with Gasteiger partial charge in [-0.1, -0.05) is 36.4 Å². The molecule has 30 heteroatoms. The fourth-order valence-corrected chi connectivity index (χ4v) is 12.8. The van der Waals surface area contributed by atoms with Crippen molar-refractivity contribution in [3.05, 3.63) is 143 Å². The van der Waals surface area contributed by atoms with Crippen molar-refractivity contribution in [2.45, 2.75) is 11.8 Å². The van der Waals surface area contributed by atoms with Gasteiger partial charge in [0.25, 0.3) is 35.3 Å². The maximum absolute atomic E-state index is 6.39. The van der Waals surface area contributed by atoms with Gasteiger partial charge in [-0.3, -0.25) is 0 Å². The quantitative estimate of drug-likeness (QED) is 0.138. The Labute approximate surface area is 636 Å². The van der Waals surface area contributed by atoms with Crippen molar-refractivity contribution in [3.8, 4) is 69.8 Å². The maximum atomic E-state index is 6.39. The topological polar surface area (TPSA) is 299 Å². The molecule has 9 aromatic rings. The van der Waals surface area contributed by atoms with E-state index < -0.39 is 11.8 Å². The monoisotopic (exact) mass is 1520 g/mol. The van der Waals surface area contributed by atoms with E-state index in [2.05, 4.69) is 36.4 Å². The van der Waals surface area contributed by atoms with E-state index in [9.17, 15) is 0 Å². The van der Waals surface area contributed by atoms with Crippen LogP contribution in [0.4, 0.5) is 0 Å². The number of para-hydroxylation sites is 6. The number of ether oxygens (including phenoxy) is 24. The van der Waals surface area contributed by atoms with Crippen LogP contribution in [0, 0.1) is 0 Å². The fraction of sp³-hybridized carbons (Fsp3) is 0.475. The number of nitrogens with zero attached hydrogens (tertiary/aromatic N) is 6. The average Bonchev–Trinajstić information content (AvgIpc) is 0.689. The number of hydrogen-bond acceptors (Lipinski definition) is 30. The zero-order valence-electron chi connectivity index (χ0n) is 61.5. The van der Waals surface area contributed by atoms with E-state index in [4.69, 9.17) is 144 Å². The Morgan fingerprint density at radius 1 is 0.164 bits per heavy atom. The molecular weight excluding hydrogens is 1430 g/mol. The summed E-state index contributed by atoms with van der Waals surface area (Å²) < 4.78 is 145. The van der Waals surface area contributed by atoms with Gasteiger partial charge in [-0.15, -0.1) is 0 Å². The minimum atomic E-state index is -0.414. The van der Waals surface area contributed by atoms with Crippen molar-refractivity contribution < 1.29 is 114 Å². The molecule has 6 heterocycles. The number of fused-ring (bicyclic) bond motifs is 9. The van der Waals surface area contributed by atoms with E-state index in [1.165, 1.54) is 0 Å². The molecular formula is C80H92N6O24. The minimum absolute atomic E-state index is 0.141. The molecule has 15 rings (SSSR count). The molecule has 6 aliphatic rings. The highest BCUT2D eigenvalue weighted by Crippen LogP contribution is 2.58. The highest BCUT2D eigenvalue weighted by Gasteiger charge is 2.43. The molecule has 0 atom stereocenters. The van der Waals surface area contributed by atoms with Crippen molar-refractivity contribution >= 4 is 33.1 Å². The van der Waals surface area contributed by atoms with Gasteiger partial charge in [-0.2, -0.15) is 0 Å². The molecule has 0 radical (unpaired) electrons. The molecule has 6 aromatic carbocycles. The zero-order chi connectivity index (χ0) is 74.4. The predicted octanol–water partition coefficient (Wildman–Crippen LogP) is 8.39. The Morgan fingerprint density at radius 3 is 0.436 bits per heavy atom. The summed E-state index contributed by atoms with van der Waals surface area (Å²) in [4.78, 5) is 31.0. The van der Waals surface area contributed by atoms with E-state index >= 15 is 0 Å². The first-order valence-corrected chi connectivity index (χ1v) is 37.5. The first-order chi connectivity index (χ1) is 54.6. The second-order valence-corrected chi connectivity index (χ2v) is 25.1. The van der Waals surface area contributed by atoms with Gasteiger partial charge in [0.2, 0.25) is 0 Å². The van der Waals surface area contributed by atoms with E-state index in [-0.39, 0.29) is 115 Å². The van der Waals surface area contributed by atoms with Crippen LogP contribution in [0.1, 0.15) is 45.2 Å². The van der Waals surface area contributed by atoms with Crippen LogP contribution in [0.15, 0.2) is 109 Å². The normalized spacial score (nSPS) is 19.9. The highest BCUT2D eigenvalue weighted by molar-refractivity contribution is 5.88. The lowest BCUT2D eigenvalue weighted by Gasteiger charge is -2.42. The summed E-state index contributed by atoms with van der Waals surface area (Å²) >= 11 is 0. The van der Waals surface area contributed by atoms with Crippen molar-refractivity contribution in [2.75, 3.05) is 238 Å². The summed E-state index contributed by atoms with van der Waals surface area (Å²) in [5, 5.41) is 0. The minimum Gasteiger partial charge on any atom is -0.487 e. The molecule has 0 unspecified atom stereocenters. The highest BCUT2D eigenvalue weighted by atomic mass is 16.6. The van der Waals surface area contributed by atoms with Gasteiger partial charge in [0.05, 0.1) is 192 Å². The lowest BCUT2D eigenvalue weighted by atomic mass is 9.61. The molecule has 30 nitrogen and oxygen atoms in total. The summed E-state index contributed by atoms with van der Waals surface area (Å²) in [6, 6.07) is 35.0. The zero-order valence-corrected chi connectivity index (χ0v) is 61.5. The number of hydrogen-bond donors (Lipinski definition) is 0. The van der Waals surface area contributed by atoms with Gasteiger partial charge in [-0.05, 0) is 106 Å². The van der Waals surface area contributed by atoms with E-state index in [0.29, 0.717) is 226 Å². The van der Waals surface area contributed by atoms with Crippen molar-refractivity contribution in [3.63, 3.8) is 0 Å². The number of rotatable bonds is 0. The summed E-state index contributed by atoms with van der Waals surface area (Å²) in [7, 11) is 0. The molecule has 110 heavy (non-hydrogen) atoms. The smallest absolute Gasteiger partial charge is 0.278 e. The average molecular weight is 1520 g/mol. The lowest BCUT2D eigenvalue weighted by molar-refractivity contribution is 0.0216. The van der Waals surface area contributed by atoms with E-state index in [0.717, 1.165) is 33.4 Å². The second-order valence-electron chi connectivity index (χ2n) is 25.1. The molecule has 3 aromatic heterocycles. The maximum Gasteiger partial charge on any atom is 0.278 e. The van der Waals surface area contributed by atoms with Gasteiger partial charge in [0.15, 0.2) is 34.5 Å². The lowest BCUT2D eigenvalue weighted by Crippen LogP contribution is -2.28.